The summed E-state index contributed by atoms with van der Waals surface area (Å²) in [4.78, 5) is 18.7. The summed E-state index contributed by atoms with van der Waals surface area (Å²) in [5.74, 6) is -0.0211. The van der Waals surface area contributed by atoms with Crippen LogP contribution in [0, 0.1) is 6.92 Å². The Kier molecular flexibility index (Phi) is 9.73. The Balaban J connectivity index is 0.00000300. The first-order valence-electron chi connectivity index (χ1n) is 10.3. The summed E-state index contributed by atoms with van der Waals surface area (Å²) in [7, 11) is 0. The quantitative estimate of drug-likeness (QED) is 0.534. The largest absolute Gasteiger partial charge is 0.326 e. The number of nitrogens with one attached hydrogen (secondary N) is 1. The van der Waals surface area contributed by atoms with E-state index < -0.39 is 0 Å². The summed E-state index contributed by atoms with van der Waals surface area (Å²) in [6.07, 6.45) is 8.85. The van der Waals surface area contributed by atoms with E-state index in [1.807, 2.05) is 19.1 Å². The minimum Gasteiger partial charge on any atom is -0.326 e. The molecule has 1 amide bonds. The molecule has 0 atom stereocenters. The highest BCUT2D eigenvalue weighted by molar-refractivity contribution is 7.07. The molecule has 3 rings (SSSR count). The van der Waals surface area contributed by atoms with Gasteiger partial charge in [-0.05, 0) is 43.9 Å². The monoisotopic (exact) mass is 455 g/mol. The third kappa shape index (κ3) is 6.87. The van der Waals surface area contributed by atoms with Crippen LogP contribution in [0.25, 0.3) is 0 Å². The fraction of sp³-hybridized carbons (Fsp3) is 0.545. The second kappa shape index (κ2) is 11.8. The number of carbonyl (C=O) groups is 1. The molecule has 0 aliphatic heterocycles. The maximum Gasteiger partial charge on any atom is 0.230 e. The summed E-state index contributed by atoms with van der Waals surface area (Å²) in [5.41, 5.74) is 2.79. The van der Waals surface area contributed by atoms with Gasteiger partial charge in [0.25, 0.3) is 0 Å². The number of carbonyl (C=O) groups excluding carboxylic acids is 1. The molecule has 4 nitrogen and oxygen atoms in total. The summed E-state index contributed by atoms with van der Waals surface area (Å²) in [6, 6.07) is 6.06. The van der Waals surface area contributed by atoms with E-state index in [-0.39, 0.29) is 18.3 Å². The average Bonchev–Trinajstić information content (AvgIpc) is 3.05. The van der Waals surface area contributed by atoms with Crippen LogP contribution in [0.2, 0.25) is 5.02 Å². The van der Waals surface area contributed by atoms with Crippen LogP contribution < -0.4 is 10.1 Å². The van der Waals surface area contributed by atoms with Gasteiger partial charge < -0.3 is 9.88 Å². The van der Waals surface area contributed by atoms with Crippen LogP contribution in [-0.4, -0.2) is 16.5 Å². The van der Waals surface area contributed by atoms with Crippen LogP contribution in [-0.2, 0) is 17.8 Å². The van der Waals surface area contributed by atoms with Crippen LogP contribution in [0.5, 0.6) is 0 Å². The van der Waals surface area contributed by atoms with E-state index in [2.05, 4.69) is 22.2 Å². The van der Waals surface area contributed by atoms with Gasteiger partial charge >= 0.3 is 0 Å². The zero-order valence-corrected chi connectivity index (χ0v) is 19.6. The number of anilines is 1. The SMILES string of the molecule is CCCCn1c(CC(=O)Nc2ccc(C)c(Cl)c2)csc1=NC1CCCCC1.Cl. The highest BCUT2D eigenvalue weighted by atomic mass is 35.5. The average molecular weight is 456 g/mol. The number of hydrogen-bond donors (Lipinski definition) is 1. The molecule has 0 unspecified atom stereocenters. The van der Waals surface area contributed by atoms with E-state index in [0.29, 0.717) is 17.5 Å². The first-order valence-corrected chi connectivity index (χ1v) is 11.6. The Hall–Kier alpha value is -1.30. The number of halogens is 2. The lowest BCUT2D eigenvalue weighted by Crippen LogP contribution is -2.24. The van der Waals surface area contributed by atoms with Gasteiger partial charge in [0.05, 0.1) is 12.5 Å². The van der Waals surface area contributed by atoms with Crippen LogP contribution in [0.4, 0.5) is 5.69 Å². The smallest absolute Gasteiger partial charge is 0.230 e. The molecule has 1 aromatic heterocycles. The highest BCUT2D eigenvalue weighted by Gasteiger charge is 2.15. The molecule has 0 bridgehead atoms. The molecule has 1 aliphatic carbocycles. The van der Waals surface area contributed by atoms with Crippen molar-refractivity contribution in [3.63, 3.8) is 0 Å². The van der Waals surface area contributed by atoms with Crippen molar-refractivity contribution in [1.82, 2.24) is 4.57 Å². The Bertz CT molecular complexity index is 869. The lowest BCUT2D eigenvalue weighted by atomic mass is 9.96. The van der Waals surface area contributed by atoms with Crippen molar-refractivity contribution in [1.29, 1.82) is 0 Å². The first kappa shape index (κ1) is 24.0. The Morgan fingerprint density at radius 1 is 1.31 bits per heavy atom. The Morgan fingerprint density at radius 2 is 2.07 bits per heavy atom. The molecule has 1 heterocycles. The van der Waals surface area contributed by atoms with Gasteiger partial charge in [0, 0.05) is 28.3 Å². The number of nitrogens with zero attached hydrogens (tertiary/aromatic N) is 2. The van der Waals surface area contributed by atoms with E-state index in [9.17, 15) is 4.79 Å². The minimum atomic E-state index is -0.0211. The van der Waals surface area contributed by atoms with E-state index in [1.54, 1.807) is 17.4 Å². The maximum atomic E-state index is 12.6. The Labute approximate surface area is 188 Å². The van der Waals surface area contributed by atoms with E-state index in [1.165, 1.54) is 32.1 Å². The lowest BCUT2D eigenvalue weighted by Gasteiger charge is -2.17. The zero-order valence-electron chi connectivity index (χ0n) is 17.2. The molecular weight excluding hydrogens is 425 g/mol. The summed E-state index contributed by atoms with van der Waals surface area (Å²) < 4.78 is 2.25. The predicted octanol–water partition coefficient (Wildman–Crippen LogP) is 6.15. The van der Waals surface area contributed by atoms with Gasteiger partial charge in [-0.2, -0.15) is 0 Å². The van der Waals surface area contributed by atoms with Gasteiger partial charge in [0.1, 0.15) is 0 Å². The zero-order chi connectivity index (χ0) is 19.9. The van der Waals surface area contributed by atoms with Gasteiger partial charge in [-0.3, -0.25) is 9.79 Å². The van der Waals surface area contributed by atoms with Crippen molar-refractivity contribution in [2.45, 2.75) is 77.8 Å². The number of rotatable bonds is 7. The van der Waals surface area contributed by atoms with E-state index >= 15 is 0 Å². The Morgan fingerprint density at radius 3 is 2.76 bits per heavy atom. The molecule has 0 saturated heterocycles. The fourth-order valence-electron chi connectivity index (χ4n) is 3.57. The lowest BCUT2D eigenvalue weighted by molar-refractivity contribution is -0.115. The normalized spacial score (nSPS) is 15.2. The summed E-state index contributed by atoms with van der Waals surface area (Å²) >= 11 is 7.84. The maximum absolute atomic E-state index is 12.6. The molecule has 1 fully saturated rings. The molecule has 29 heavy (non-hydrogen) atoms. The predicted molar refractivity (Wildman–Crippen MR) is 125 cm³/mol. The highest BCUT2D eigenvalue weighted by Crippen LogP contribution is 2.21. The number of amides is 1. The van der Waals surface area contributed by atoms with Crippen molar-refractivity contribution in [3.05, 3.63) is 44.7 Å². The van der Waals surface area contributed by atoms with Crippen LogP contribution in [0.3, 0.4) is 0 Å². The van der Waals surface area contributed by atoms with Crippen molar-refractivity contribution in [2.75, 3.05) is 5.32 Å². The van der Waals surface area contributed by atoms with Gasteiger partial charge in [-0.15, -0.1) is 23.7 Å². The van der Waals surface area contributed by atoms with Crippen LogP contribution in [0.1, 0.15) is 63.1 Å². The van der Waals surface area contributed by atoms with Gasteiger partial charge in [-0.1, -0.05) is 50.3 Å². The third-order valence-electron chi connectivity index (χ3n) is 5.28. The first-order chi connectivity index (χ1) is 13.6. The number of thiazole rings is 1. The molecule has 0 spiro atoms. The standard InChI is InChI=1S/C22H30ClN3OS.ClH/c1-3-4-12-26-19(15-28-22(26)25-17-8-6-5-7-9-17)14-21(27)24-18-11-10-16(2)20(23)13-18;/h10-11,13,15,17H,3-9,12,14H2,1-2H3,(H,24,27);1H. The van der Waals surface area contributed by atoms with Crippen LogP contribution >= 0.6 is 35.3 Å². The van der Waals surface area contributed by atoms with Gasteiger partial charge in [0.2, 0.25) is 5.91 Å². The molecule has 0 radical (unpaired) electrons. The molecule has 1 saturated carbocycles. The molecule has 7 heteroatoms. The van der Waals surface area contributed by atoms with Crippen molar-refractivity contribution >= 4 is 46.9 Å². The molecule has 160 valence electrons. The fourth-order valence-corrected chi connectivity index (χ4v) is 4.75. The topological polar surface area (TPSA) is 46.4 Å². The molecule has 1 N–H and O–H groups in total. The van der Waals surface area contributed by atoms with E-state index in [0.717, 1.165) is 41.1 Å². The third-order valence-corrected chi connectivity index (χ3v) is 6.61. The minimum absolute atomic E-state index is 0. The second-order valence-electron chi connectivity index (χ2n) is 7.62. The number of aryl methyl sites for hydroxylation is 1. The number of unbranched alkanes of at least 4 members (excludes halogenated alkanes) is 1. The molecule has 1 aliphatic rings. The van der Waals surface area contributed by atoms with Gasteiger partial charge in [0.15, 0.2) is 4.80 Å². The van der Waals surface area contributed by atoms with E-state index in [4.69, 9.17) is 16.6 Å². The van der Waals surface area contributed by atoms with Gasteiger partial charge in [-0.25, -0.2) is 0 Å². The molecule has 2 aromatic rings. The summed E-state index contributed by atoms with van der Waals surface area (Å²) in [5, 5.41) is 5.73. The van der Waals surface area contributed by atoms with Crippen molar-refractivity contribution < 1.29 is 4.79 Å². The van der Waals surface area contributed by atoms with Crippen LogP contribution in [0.15, 0.2) is 28.6 Å². The molecular formula is C22H31Cl2N3OS. The second-order valence-corrected chi connectivity index (χ2v) is 8.87. The number of hydrogen-bond acceptors (Lipinski definition) is 3. The number of aromatic nitrogens is 1. The van der Waals surface area contributed by atoms with Crippen molar-refractivity contribution in [3.8, 4) is 0 Å². The number of benzene rings is 1. The van der Waals surface area contributed by atoms with Crippen molar-refractivity contribution in [2.24, 2.45) is 4.99 Å². The molecule has 1 aromatic carbocycles. The summed E-state index contributed by atoms with van der Waals surface area (Å²) in [6.45, 7) is 5.07.